The van der Waals surface area contributed by atoms with E-state index in [0.717, 1.165) is 4.47 Å². The fourth-order valence-corrected chi connectivity index (χ4v) is 2.34. The van der Waals surface area contributed by atoms with Gasteiger partial charge in [-0.3, -0.25) is 9.48 Å². The highest BCUT2D eigenvalue weighted by Gasteiger charge is 2.20. The van der Waals surface area contributed by atoms with Gasteiger partial charge < -0.3 is 5.32 Å². The van der Waals surface area contributed by atoms with E-state index in [0.29, 0.717) is 0 Å². The number of aromatic nitrogens is 3. The maximum Gasteiger partial charge on any atom is 0.275 e. The van der Waals surface area contributed by atoms with Gasteiger partial charge in [0.1, 0.15) is 10.6 Å². The Morgan fingerprint density at radius 1 is 1.45 bits per heavy atom. The van der Waals surface area contributed by atoms with Crippen molar-refractivity contribution >= 4 is 37.7 Å². The van der Waals surface area contributed by atoms with Gasteiger partial charge in [-0.15, -0.1) is 0 Å². The maximum atomic E-state index is 11.9. The average Bonchev–Trinajstić information content (AvgIpc) is 2.71. The van der Waals surface area contributed by atoms with Crippen molar-refractivity contribution in [2.24, 2.45) is 12.2 Å². The van der Waals surface area contributed by atoms with Crippen LogP contribution >= 0.6 is 15.9 Å². The van der Waals surface area contributed by atoms with E-state index in [1.807, 2.05) is 0 Å². The van der Waals surface area contributed by atoms with Crippen molar-refractivity contribution in [1.29, 1.82) is 0 Å². The number of nitrogens with one attached hydrogen (secondary N) is 1. The van der Waals surface area contributed by atoms with Crippen LogP contribution in [0.5, 0.6) is 0 Å². The average molecular weight is 360 g/mol. The number of nitrogens with zero attached hydrogens (tertiary/aromatic N) is 3. The van der Waals surface area contributed by atoms with Crippen LogP contribution in [0.25, 0.3) is 0 Å². The molecule has 3 N–H and O–H groups in total. The minimum atomic E-state index is -3.97. The van der Waals surface area contributed by atoms with Gasteiger partial charge >= 0.3 is 0 Å². The molecule has 0 aromatic carbocycles. The third-order valence-electron chi connectivity index (χ3n) is 2.29. The molecule has 10 heteroatoms. The molecule has 0 fully saturated rings. The fraction of sp³-hybridized carbons (Fsp3) is 0.100. The van der Waals surface area contributed by atoms with Gasteiger partial charge in [-0.05, 0) is 28.1 Å². The van der Waals surface area contributed by atoms with Crippen LogP contribution in [0.1, 0.15) is 10.5 Å². The first-order valence-electron chi connectivity index (χ1n) is 5.27. The zero-order valence-electron chi connectivity index (χ0n) is 10.2. The quantitative estimate of drug-likeness (QED) is 0.825. The Labute approximate surface area is 123 Å². The number of carbonyl (C=O) groups excluding carboxylic acids is 1. The number of nitrogens with two attached hydrogens (primary N) is 1. The molecule has 0 spiro atoms. The molecule has 0 saturated heterocycles. The second-order valence-electron chi connectivity index (χ2n) is 3.88. The highest BCUT2D eigenvalue weighted by atomic mass is 79.9. The van der Waals surface area contributed by atoms with Crippen LogP contribution in [0, 0.1) is 0 Å². The topological polar surface area (TPSA) is 120 Å². The van der Waals surface area contributed by atoms with Crippen LogP contribution in [-0.4, -0.2) is 29.1 Å². The molecule has 0 aliphatic rings. The van der Waals surface area contributed by atoms with Gasteiger partial charge in [0, 0.05) is 23.9 Å². The third-order valence-corrected chi connectivity index (χ3v) is 3.67. The summed E-state index contributed by atoms with van der Waals surface area (Å²) in [6, 6.07) is 3.12. The Balaban J connectivity index is 2.31. The monoisotopic (exact) mass is 359 g/mol. The first-order chi connectivity index (χ1) is 9.27. The lowest BCUT2D eigenvalue weighted by Crippen LogP contribution is -2.18. The van der Waals surface area contributed by atoms with Gasteiger partial charge in [0.15, 0.2) is 5.82 Å². The zero-order valence-corrected chi connectivity index (χ0v) is 12.6. The molecule has 0 aliphatic heterocycles. The minimum absolute atomic E-state index is 0.124. The summed E-state index contributed by atoms with van der Waals surface area (Å²) in [5.41, 5.74) is 0.124. The molecule has 0 atom stereocenters. The Kier molecular flexibility index (Phi) is 3.88. The van der Waals surface area contributed by atoms with E-state index in [1.165, 1.54) is 30.2 Å². The van der Waals surface area contributed by atoms with Crippen LogP contribution in [-0.2, 0) is 17.1 Å². The van der Waals surface area contributed by atoms with Crippen molar-refractivity contribution in [2.75, 3.05) is 5.32 Å². The number of aryl methyl sites for hydroxylation is 1. The van der Waals surface area contributed by atoms with Crippen LogP contribution in [0.2, 0.25) is 0 Å². The number of primary sulfonamides is 1. The van der Waals surface area contributed by atoms with Gasteiger partial charge in [0.25, 0.3) is 5.91 Å². The number of amides is 1. The molecule has 0 aliphatic carbocycles. The first-order valence-corrected chi connectivity index (χ1v) is 7.60. The number of pyridine rings is 1. The number of hydrogen-bond acceptors (Lipinski definition) is 5. The predicted octanol–water partition coefficient (Wildman–Crippen LogP) is 0.477. The van der Waals surface area contributed by atoms with E-state index in [2.05, 4.69) is 31.3 Å². The first kappa shape index (κ1) is 14.6. The largest absolute Gasteiger partial charge is 0.303 e. The summed E-state index contributed by atoms with van der Waals surface area (Å²) >= 11 is 3.20. The van der Waals surface area contributed by atoms with Crippen LogP contribution in [0.3, 0.4) is 0 Å². The fourth-order valence-electron chi connectivity index (χ4n) is 1.44. The van der Waals surface area contributed by atoms with E-state index >= 15 is 0 Å². The Hall–Kier alpha value is -1.78. The van der Waals surface area contributed by atoms with Gasteiger partial charge in [-0.2, -0.15) is 5.10 Å². The molecule has 2 heterocycles. The molecule has 106 valence electrons. The molecule has 2 rings (SSSR count). The molecule has 0 bridgehead atoms. The number of anilines is 1. The van der Waals surface area contributed by atoms with Crippen molar-refractivity contribution in [3.63, 3.8) is 0 Å². The van der Waals surface area contributed by atoms with E-state index in [1.54, 1.807) is 6.07 Å². The van der Waals surface area contributed by atoms with Crippen LogP contribution in [0.15, 0.2) is 33.9 Å². The van der Waals surface area contributed by atoms with Crippen molar-refractivity contribution < 1.29 is 13.2 Å². The summed E-state index contributed by atoms with van der Waals surface area (Å²) in [6.07, 6.45) is 2.66. The Morgan fingerprint density at radius 2 is 2.15 bits per heavy atom. The Bertz CT molecular complexity index is 754. The van der Waals surface area contributed by atoms with E-state index in [-0.39, 0.29) is 16.4 Å². The van der Waals surface area contributed by atoms with Gasteiger partial charge in [-0.1, -0.05) is 0 Å². The molecular formula is C10H10BrN5O3S. The van der Waals surface area contributed by atoms with E-state index in [9.17, 15) is 13.2 Å². The lowest BCUT2D eigenvalue weighted by molar-refractivity contribution is 0.102. The highest BCUT2D eigenvalue weighted by Crippen LogP contribution is 2.18. The lowest BCUT2D eigenvalue weighted by atomic mass is 10.3. The van der Waals surface area contributed by atoms with Crippen molar-refractivity contribution in [3.05, 3.63) is 34.7 Å². The normalized spacial score (nSPS) is 11.3. The molecular weight excluding hydrogens is 350 g/mol. The molecule has 0 saturated carbocycles. The van der Waals surface area contributed by atoms with Crippen molar-refractivity contribution in [2.45, 2.75) is 4.90 Å². The third kappa shape index (κ3) is 3.21. The molecule has 0 radical (unpaired) electrons. The summed E-state index contributed by atoms with van der Waals surface area (Å²) in [6.45, 7) is 0. The molecule has 8 nitrogen and oxygen atoms in total. The highest BCUT2D eigenvalue weighted by molar-refractivity contribution is 9.10. The second kappa shape index (κ2) is 5.31. The Morgan fingerprint density at radius 3 is 2.70 bits per heavy atom. The second-order valence-corrected chi connectivity index (χ2v) is 6.32. The SMILES string of the molecule is Cn1cc(S(N)(=O)=O)c(NC(=O)c2ccc(Br)cn2)n1. The summed E-state index contributed by atoms with van der Waals surface area (Å²) in [5, 5.41) is 11.3. The van der Waals surface area contributed by atoms with Gasteiger partial charge in [-0.25, -0.2) is 18.5 Å². The molecule has 1 amide bonds. The standard InChI is InChI=1S/C10H10BrN5O3S/c1-16-5-8(20(12,18)19)9(15-16)14-10(17)7-3-2-6(11)4-13-7/h2-5H,1H3,(H2,12,18,19)(H,14,15,17). The van der Waals surface area contributed by atoms with Crippen molar-refractivity contribution in [3.8, 4) is 0 Å². The predicted molar refractivity (Wildman–Crippen MR) is 74.5 cm³/mol. The van der Waals surface area contributed by atoms with E-state index in [4.69, 9.17) is 5.14 Å². The number of rotatable bonds is 3. The lowest BCUT2D eigenvalue weighted by Gasteiger charge is -2.03. The number of carbonyl (C=O) groups is 1. The number of halogens is 1. The van der Waals surface area contributed by atoms with Crippen LogP contribution < -0.4 is 10.5 Å². The van der Waals surface area contributed by atoms with Gasteiger partial charge in [0.2, 0.25) is 10.0 Å². The van der Waals surface area contributed by atoms with Crippen molar-refractivity contribution in [1.82, 2.24) is 14.8 Å². The number of hydrogen-bond donors (Lipinski definition) is 2. The number of sulfonamides is 1. The molecule has 2 aromatic heterocycles. The zero-order chi connectivity index (χ0) is 14.9. The minimum Gasteiger partial charge on any atom is -0.303 e. The molecule has 2 aromatic rings. The van der Waals surface area contributed by atoms with Crippen LogP contribution in [0.4, 0.5) is 5.82 Å². The summed E-state index contributed by atoms with van der Waals surface area (Å²) in [7, 11) is -2.46. The molecule has 0 unspecified atom stereocenters. The van der Waals surface area contributed by atoms with E-state index < -0.39 is 15.9 Å². The maximum absolute atomic E-state index is 11.9. The summed E-state index contributed by atoms with van der Waals surface area (Å²) in [4.78, 5) is 15.6. The summed E-state index contributed by atoms with van der Waals surface area (Å²) in [5.74, 6) is -0.717. The summed E-state index contributed by atoms with van der Waals surface area (Å²) < 4.78 is 24.7. The molecule has 20 heavy (non-hydrogen) atoms. The smallest absolute Gasteiger partial charge is 0.275 e. The van der Waals surface area contributed by atoms with Gasteiger partial charge in [0.05, 0.1) is 0 Å².